The first kappa shape index (κ1) is 18.8. The van der Waals surface area contributed by atoms with Crippen LogP contribution in [0, 0.1) is 11.6 Å². The molecule has 2 rings (SSSR count). The summed E-state index contributed by atoms with van der Waals surface area (Å²) in [4.78, 5) is 22.8. The number of halogens is 2. The third kappa shape index (κ3) is 5.24. The third-order valence-electron chi connectivity index (χ3n) is 3.24. The molecular weight excluding hydrogens is 352 g/mol. The Morgan fingerprint density at radius 3 is 2.76 bits per heavy atom. The van der Waals surface area contributed by atoms with E-state index in [9.17, 15) is 18.4 Å². The van der Waals surface area contributed by atoms with Crippen molar-refractivity contribution in [2.45, 2.75) is 31.5 Å². The number of amides is 2. The second kappa shape index (κ2) is 8.56. The van der Waals surface area contributed by atoms with Gasteiger partial charge in [-0.2, -0.15) is 0 Å². The fourth-order valence-electron chi connectivity index (χ4n) is 2.07. The van der Waals surface area contributed by atoms with Crippen molar-refractivity contribution < 1.29 is 18.4 Å². The zero-order chi connectivity index (χ0) is 18.4. The maximum absolute atomic E-state index is 13.5. The van der Waals surface area contributed by atoms with Gasteiger partial charge in [0.15, 0.2) is 5.16 Å². The summed E-state index contributed by atoms with van der Waals surface area (Å²) in [6, 6.07) is 2.82. The molecule has 1 aromatic heterocycles. The van der Waals surface area contributed by atoms with E-state index in [4.69, 9.17) is 5.73 Å². The molecule has 25 heavy (non-hydrogen) atoms. The van der Waals surface area contributed by atoms with Crippen LogP contribution in [0.4, 0.5) is 14.5 Å². The number of nitrogens with one attached hydrogen (secondary N) is 1. The minimum Gasteiger partial charge on any atom is -0.370 e. The van der Waals surface area contributed by atoms with E-state index in [1.807, 2.05) is 6.92 Å². The molecule has 0 saturated carbocycles. The third-order valence-corrected chi connectivity index (χ3v) is 4.21. The molecule has 0 atom stereocenters. The fraction of sp³-hybridized carbons (Fsp3) is 0.333. The van der Waals surface area contributed by atoms with Crippen LogP contribution in [0.1, 0.15) is 19.2 Å². The molecule has 0 aliphatic carbocycles. The quantitative estimate of drug-likeness (QED) is 0.690. The normalized spacial score (nSPS) is 10.7. The lowest BCUT2D eigenvalue weighted by Crippen LogP contribution is -2.16. The Bertz CT molecular complexity index is 781. The van der Waals surface area contributed by atoms with Crippen LogP contribution in [0.5, 0.6) is 0 Å². The molecule has 2 amide bonds. The van der Waals surface area contributed by atoms with Crippen molar-refractivity contribution in [1.29, 1.82) is 0 Å². The lowest BCUT2D eigenvalue weighted by atomic mass is 10.3. The zero-order valence-corrected chi connectivity index (χ0v) is 14.3. The monoisotopic (exact) mass is 369 g/mol. The maximum atomic E-state index is 13.5. The summed E-state index contributed by atoms with van der Waals surface area (Å²) in [7, 11) is 0. The van der Waals surface area contributed by atoms with E-state index in [1.54, 1.807) is 4.57 Å². The maximum Gasteiger partial charge on any atom is 0.234 e. The highest BCUT2D eigenvalue weighted by molar-refractivity contribution is 7.99. The van der Waals surface area contributed by atoms with E-state index in [0.29, 0.717) is 23.9 Å². The standard InChI is InChI=1S/C15H17F2N5O2S/c1-2-22-13(6-5-12(18)23)20-21-15(22)25-8-14(24)19-11-7-9(16)3-4-10(11)17/h3-4,7H,2,5-6,8H2,1H3,(H2,18,23)(H,19,24). The molecule has 0 aliphatic heterocycles. The summed E-state index contributed by atoms with van der Waals surface area (Å²) >= 11 is 1.11. The van der Waals surface area contributed by atoms with Crippen LogP contribution in [-0.4, -0.2) is 32.3 Å². The number of aryl methyl sites for hydroxylation is 1. The van der Waals surface area contributed by atoms with Crippen LogP contribution in [-0.2, 0) is 22.6 Å². The molecule has 134 valence electrons. The number of benzene rings is 1. The van der Waals surface area contributed by atoms with Gasteiger partial charge < -0.3 is 15.6 Å². The van der Waals surface area contributed by atoms with Gasteiger partial charge in [-0.1, -0.05) is 11.8 Å². The van der Waals surface area contributed by atoms with Crippen molar-refractivity contribution in [3.63, 3.8) is 0 Å². The Balaban J connectivity index is 1.97. The zero-order valence-electron chi connectivity index (χ0n) is 13.5. The van der Waals surface area contributed by atoms with Crippen molar-refractivity contribution in [3.05, 3.63) is 35.7 Å². The minimum absolute atomic E-state index is 0.0517. The van der Waals surface area contributed by atoms with E-state index < -0.39 is 23.4 Å². The van der Waals surface area contributed by atoms with Crippen molar-refractivity contribution in [1.82, 2.24) is 14.8 Å². The van der Waals surface area contributed by atoms with Gasteiger partial charge in [-0.3, -0.25) is 9.59 Å². The number of anilines is 1. The molecule has 2 aromatic rings. The summed E-state index contributed by atoms with van der Waals surface area (Å²) in [5.41, 5.74) is 4.90. The molecule has 0 unspecified atom stereocenters. The number of thioether (sulfide) groups is 1. The molecule has 0 fully saturated rings. The predicted octanol–water partition coefficient (Wildman–Crippen LogP) is 1.72. The van der Waals surface area contributed by atoms with Gasteiger partial charge in [0.2, 0.25) is 11.8 Å². The summed E-state index contributed by atoms with van der Waals surface area (Å²) in [6.45, 7) is 2.44. The highest BCUT2D eigenvalue weighted by Gasteiger charge is 2.14. The summed E-state index contributed by atoms with van der Waals surface area (Å²) in [5, 5.41) is 10.8. The van der Waals surface area contributed by atoms with E-state index in [2.05, 4.69) is 15.5 Å². The molecule has 0 radical (unpaired) electrons. The second-order valence-electron chi connectivity index (χ2n) is 5.07. The first-order valence-electron chi connectivity index (χ1n) is 7.48. The lowest BCUT2D eigenvalue weighted by Gasteiger charge is -2.08. The van der Waals surface area contributed by atoms with Crippen molar-refractivity contribution in [2.24, 2.45) is 5.73 Å². The average molecular weight is 369 g/mol. The van der Waals surface area contributed by atoms with Gasteiger partial charge in [0.05, 0.1) is 11.4 Å². The number of nitrogens with two attached hydrogens (primary N) is 1. The topological polar surface area (TPSA) is 103 Å². The molecule has 0 bridgehead atoms. The predicted molar refractivity (Wildman–Crippen MR) is 88.9 cm³/mol. The minimum atomic E-state index is -0.717. The number of hydrogen-bond donors (Lipinski definition) is 2. The number of carbonyl (C=O) groups excluding carboxylic acids is 2. The number of rotatable bonds is 8. The van der Waals surface area contributed by atoms with Crippen LogP contribution in [0.3, 0.4) is 0 Å². The molecule has 3 N–H and O–H groups in total. The molecule has 1 aromatic carbocycles. The van der Waals surface area contributed by atoms with Gasteiger partial charge in [-0.25, -0.2) is 8.78 Å². The van der Waals surface area contributed by atoms with E-state index >= 15 is 0 Å². The smallest absolute Gasteiger partial charge is 0.234 e. The Kier molecular flexibility index (Phi) is 6.45. The lowest BCUT2D eigenvalue weighted by molar-refractivity contribution is -0.118. The Morgan fingerprint density at radius 2 is 2.08 bits per heavy atom. The number of hydrogen-bond acceptors (Lipinski definition) is 5. The first-order valence-corrected chi connectivity index (χ1v) is 8.47. The van der Waals surface area contributed by atoms with Crippen LogP contribution >= 0.6 is 11.8 Å². The molecule has 1 heterocycles. The Hall–Kier alpha value is -2.49. The molecule has 0 spiro atoms. The van der Waals surface area contributed by atoms with Crippen molar-refractivity contribution >= 4 is 29.3 Å². The average Bonchev–Trinajstić information content (AvgIpc) is 2.96. The van der Waals surface area contributed by atoms with Crippen LogP contribution < -0.4 is 11.1 Å². The van der Waals surface area contributed by atoms with Gasteiger partial charge in [-0.05, 0) is 19.1 Å². The molecule has 7 nitrogen and oxygen atoms in total. The Labute approximate surface area is 147 Å². The summed E-state index contributed by atoms with van der Waals surface area (Å²) in [6.07, 6.45) is 0.513. The fourth-order valence-corrected chi connectivity index (χ4v) is 2.89. The van der Waals surface area contributed by atoms with Gasteiger partial charge in [0.25, 0.3) is 0 Å². The highest BCUT2D eigenvalue weighted by atomic mass is 32.2. The van der Waals surface area contributed by atoms with Crippen molar-refractivity contribution in [3.8, 4) is 0 Å². The number of carbonyl (C=O) groups is 2. The molecule has 0 aliphatic rings. The summed E-state index contributed by atoms with van der Waals surface area (Å²) < 4.78 is 28.4. The Morgan fingerprint density at radius 1 is 1.32 bits per heavy atom. The number of primary amides is 1. The largest absolute Gasteiger partial charge is 0.370 e. The van der Waals surface area contributed by atoms with Gasteiger partial charge >= 0.3 is 0 Å². The molecule has 0 saturated heterocycles. The van der Waals surface area contributed by atoms with Crippen LogP contribution in [0.15, 0.2) is 23.4 Å². The number of nitrogens with zero attached hydrogens (tertiary/aromatic N) is 3. The van der Waals surface area contributed by atoms with Crippen LogP contribution in [0.2, 0.25) is 0 Å². The molecule has 10 heteroatoms. The second-order valence-corrected chi connectivity index (χ2v) is 6.01. The van der Waals surface area contributed by atoms with E-state index in [0.717, 1.165) is 30.0 Å². The van der Waals surface area contributed by atoms with Crippen LogP contribution in [0.25, 0.3) is 0 Å². The van der Waals surface area contributed by atoms with Crippen molar-refractivity contribution in [2.75, 3.05) is 11.1 Å². The van der Waals surface area contributed by atoms with E-state index in [-0.39, 0.29) is 17.9 Å². The van der Waals surface area contributed by atoms with Gasteiger partial charge in [0.1, 0.15) is 17.5 Å². The van der Waals surface area contributed by atoms with Gasteiger partial charge in [0, 0.05) is 25.5 Å². The first-order chi connectivity index (χ1) is 11.9. The summed E-state index contributed by atoms with van der Waals surface area (Å²) in [5.74, 6) is -1.75. The van der Waals surface area contributed by atoms with E-state index in [1.165, 1.54) is 0 Å². The molecular formula is C15H17F2N5O2S. The highest BCUT2D eigenvalue weighted by Crippen LogP contribution is 2.19. The van der Waals surface area contributed by atoms with Gasteiger partial charge in [-0.15, -0.1) is 10.2 Å². The number of aromatic nitrogens is 3. The SMILES string of the molecule is CCn1c(CCC(N)=O)nnc1SCC(=O)Nc1cc(F)ccc1F.